The maximum Gasteiger partial charge on any atom is 0.255 e. The molecule has 8 heteroatoms. The monoisotopic (exact) mass is 415 g/mol. The molecular formula is C21H22ClN3O4. The molecule has 29 heavy (non-hydrogen) atoms. The number of carbonyl (C=O) groups is 3. The molecular weight excluding hydrogens is 394 g/mol. The van der Waals surface area contributed by atoms with Crippen LogP contribution in [0.25, 0.3) is 0 Å². The molecule has 7 nitrogen and oxygen atoms in total. The fraction of sp³-hybridized carbons (Fsp3) is 0.286. The topological polar surface area (TPSA) is 96.5 Å². The van der Waals surface area contributed by atoms with Gasteiger partial charge >= 0.3 is 0 Å². The van der Waals surface area contributed by atoms with E-state index in [0.29, 0.717) is 27.6 Å². The number of ether oxygens (including phenoxy) is 1. The maximum atomic E-state index is 12.3. The molecule has 0 saturated heterocycles. The van der Waals surface area contributed by atoms with Crippen molar-refractivity contribution in [3.05, 3.63) is 58.6 Å². The van der Waals surface area contributed by atoms with Gasteiger partial charge in [0.25, 0.3) is 11.8 Å². The first-order valence-electron chi connectivity index (χ1n) is 9.29. The van der Waals surface area contributed by atoms with E-state index in [1.807, 2.05) is 0 Å². The molecule has 3 rings (SSSR count). The SMILES string of the molecule is COc1ccc(Cl)cc1C(=O)NCCNC(=O)c1ccc(NC(=O)C2CC2)cc1. The Morgan fingerprint density at radius 2 is 1.66 bits per heavy atom. The molecule has 0 radical (unpaired) electrons. The van der Waals surface area contributed by atoms with Gasteiger partial charge in [0, 0.05) is 35.3 Å². The van der Waals surface area contributed by atoms with Crippen LogP contribution in [-0.2, 0) is 4.79 Å². The van der Waals surface area contributed by atoms with Gasteiger partial charge in [0.2, 0.25) is 5.91 Å². The Hall–Kier alpha value is -3.06. The third-order valence-corrected chi connectivity index (χ3v) is 4.70. The highest BCUT2D eigenvalue weighted by molar-refractivity contribution is 6.31. The van der Waals surface area contributed by atoms with Crippen LogP contribution in [0.2, 0.25) is 5.02 Å². The van der Waals surface area contributed by atoms with Crippen LogP contribution in [0, 0.1) is 5.92 Å². The first-order chi connectivity index (χ1) is 14.0. The summed E-state index contributed by atoms with van der Waals surface area (Å²) in [5.74, 6) is -0.0341. The van der Waals surface area contributed by atoms with E-state index in [1.165, 1.54) is 13.2 Å². The summed E-state index contributed by atoms with van der Waals surface area (Å²) in [6.07, 6.45) is 1.87. The van der Waals surface area contributed by atoms with Crippen molar-refractivity contribution in [3.8, 4) is 5.75 Å². The highest BCUT2D eigenvalue weighted by atomic mass is 35.5. The number of benzene rings is 2. The molecule has 0 heterocycles. The van der Waals surface area contributed by atoms with E-state index >= 15 is 0 Å². The van der Waals surface area contributed by atoms with Crippen molar-refractivity contribution in [3.63, 3.8) is 0 Å². The van der Waals surface area contributed by atoms with Crippen molar-refractivity contribution in [1.29, 1.82) is 0 Å². The predicted molar refractivity (Wildman–Crippen MR) is 110 cm³/mol. The van der Waals surface area contributed by atoms with Gasteiger partial charge in [0.15, 0.2) is 0 Å². The molecule has 1 aliphatic carbocycles. The minimum Gasteiger partial charge on any atom is -0.496 e. The zero-order chi connectivity index (χ0) is 20.8. The van der Waals surface area contributed by atoms with Gasteiger partial charge in [-0.05, 0) is 55.3 Å². The molecule has 0 unspecified atom stereocenters. The van der Waals surface area contributed by atoms with Crippen LogP contribution in [0.15, 0.2) is 42.5 Å². The molecule has 0 aliphatic heterocycles. The van der Waals surface area contributed by atoms with Gasteiger partial charge in [-0.15, -0.1) is 0 Å². The Morgan fingerprint density at radius 1 is 1.00 bits per heavy atom. The number of hydrogen-bond acceptors (Lipinski definition) is 4. The highest BCUT2D eigenvalue weighted by Crippen LogP contribution is 2.30. The lowest BCUT2D eigenvalue weighted by atomic mass is 10.2. The first-order valence-corrected chi connectivity index (χ1v) is 9.66. The molecule has 0 bridgehead atoms. The number of anilines is 1. The fourth-order valence-electron chi connectivity index (χ4n) is 2.70. The van der Waals surface area contributed by atoms with Crippen LogP contribution in [0.1, 0.15) is 33.6 Å². The Balaban J connectivity index is 1.44. The summed E-state index contributed by atoms with van der Waals surface area (Å²) in [5.41, 5.74) is 1.47. The lowest BCUT2D eigenvalue weighted by molar-refractivity contribution is -0.117. The van der Waals surface area contributed by atoms with Gasteiger partial charge in [0.1, 0.15) is 5.75 Å². The summed E-state index contributed by atoms with van der Waals surface area (Å²) >= 11 is 5.93. The summed E-state index contributed by atoms with van der Waals surface area (Å²) in [4.78, 5) is 36.2. The summed E-state index contributed by atoms with van der Waals surface area (Å²) in [7, 11) is 1.48. The van der Waals surface area contributed by atoms with E-state index in [4.69, 9.17) is 16.3 Å². The Morgan fingerprint density at radius 3 is 2.28 bits per heavy atom. The minimum atomic E-state index is -0.339. The standard InChI is InChI=1S/C21H22ClN3O4/c1-29-18-9-6-15(22)12-17(18)21(28)24-11-10-23-19(26)13-4-7-16(8-5-13)25-20(27)14-2-3-14/h4-9,12,14H,2-3,10-11H2,1H3,(H,23,26)(H,24,28)(H,25,27). The third kappa shape index (κ3) is 5.71. The molecule has 3 N–H and O–H groups in total. The Kier molecular flexibility index (Phi) is 6.72. The average Bonchev–Trinajstić information content (AvgIpc) is 3.57. The van der Waals surface area contributed by atoms with Crippen molar-refractivity contribution >= 4 is 35.0 Å². The van der Waals surface area contributed by atoms with E-state index < -0.39 is 0 Å². The number of rotatable bonds is 8. The van der Waals surface area contributed by atoms with Gasteiger partial charge in [0.05, 0.1) is 12.7 Å². The number of amides is 3. The normalized spacial score (nSPS) is 12.8. The van der Waals surface area contributed by atoms with Gasteiger partial charge in [-0.2, -0.15) is 0 Å². The van der Waals surface area contributed by atoms with Crippen molar-refractivity contribution in [2.45, 2.75) is 12.8 Å². The average molecular weight is 416 g/mol. The summed E-state index contributed by atoms with van der Waals surface area (Å²) < 4.78 is 5.16. The van der Waals surface area contributed by atoms with Crippen molar-refractivity contribution in [2.24, 2.45) is 5.92 Å². The van der Waals surface area contributed by atoms with Crippen molar-refractivity contribution < 1.29 is 19.1 Å². The molecule has 1 saturated carbocycles. The molecule has 0 atom stereocenters. The maximum absolute atomic E-state index is 12.3. The van der Waals surface area contributed by atoms with Crippen LogP contribution in [0.5, 0.6) is 5.75 Å². The number of hydrogen-bond donors (Lipinski definition) is 3. The molecule has 0 spiro atoms. The lowest BCUT2D eigenvalue weighted by Crippen LogP contribution is -2.34. The zero-order valence-electron chi connectivity index (χ0n) is 16.0. The van der Waals surface area contributed by atoms with Crippen LogP contribution in [0.3, 0.4) is 0 Å². The van der Waals surface area contributed by atoms with Gasteiger partial charge in [-0.25, -0.2) is 0 Å². The Bertz CT molecular complexity index is 911. The fourth-order valence-corrected chi connectivity index (χ4v) is 2.87. The summed E-state index contributed by atoms with van der Waals surface area (Å²) in [6, 6.07) is 11.5. The quantitative estimate of drug-likeness (QED) is 0.577. The van der Waals surface area contributed by atoms with Crippen molar-refractivity contribution in [1.82, 2.24) is 10.6 Å². The van der Waals surface area contributed by atoms with Crippen LogP contribution in [0.4, 0.5) is 5.69 Å². The van der Waals surface area contributed by atoms with Gasteiger partial charge in [-0.1, -0.05) is 11.6 Å². The molecule has 1 fully saturated rings. The minimum absolute atomic E-state index is 0.0225. The van der Waals surface area contributed by atoms with Crippen LogP contribution in [-0.4, -0.2) is 37.9 Å². The molecule has 1 aliphatic rings. The van der Waals surface area contributed by atoms with E-state index in [0.717, 1.165) is 12.8 Å². The lowest BCUT2D eigenvalue weighted by Gasteiger charge is -2.10. The molecule has 152 valence electrons. The second-order valence-electron chi connectivity index (χ2n) is 6.70. The van der Waals surface area contributed by atoms with E-state index in [2.05, 4.69) is 16.0 Å². The largest absolute Gasteiger partial charge is 0.496 e. The third-order valence-electron chi connectivity index (χ3n) is 4.47. The number of methoxy groups -OCH3 is 1. The van der Waals surface area contributed by atoms with Crippen LogP contribution < -0.4 is 20.7 Å². The van der Waals surface area contributed by atoms with Gasteiger partial charge < -0.3 is 20.7 Å². The summed E-state index contributed by atoms with van der Waals surface area (Å²) in [6.45, 7) is 0.503. The van der Waals surface area contributed by atoms with Crippen LogP contribution >= 0.6 is 11.6 Å². The highest BCUT2D eigenvalue weighted by Gasteiger charge is 2.29. The number of halogens is 1. The van der Waals surface area contributed by atoms with E-state index in [-0.39, 0.29) is 36.7 Å². The van der Waals surface area contributed by atoms with E-state index in [1.54, 1.807) is 36.4 Å². The number of nitrogens with one attached hydrogen (secondary N) is 3. The second kappa shape index (κ2) is 9.43. The molecule has 2 aromatic carbocycles. The Labute approximate surface area is 173 Å². The molecule has 3 amide bonds. The summed E-state index contributed by atoms with van der Waals surface area (Å²) in [5, 5.41) is 8.71. The predicted octanol–water partition coefficient (Wildman–Crippen LogP) is 2.86. The first kappa shape index (κ1) is 20.7. The van der Waals surface area contributed by atoms with Gasteiger partial charge in [-0.3, -0.25) is 14.4 Å². The van der Waals surface area contributed by atoms with E-state index in [9.17, 15) is 14.4 Å². The molecule has 2 aromatic rings. The second-order valence-corrected chi connectivity index (χ2v) is 7.13. The number of carbonyl (C=O) groups excluding carboxylic acids is 3. The zero-order valence-corrected chi connectivity index (χ0v) is 16.7. The van der Waals surface area contributed by atoms with Crippen molar-refractivity contribution in [2.75, 3.05) is 25.5 Å². The smallest absolute Gasteiger partial charge is 0.255 e. The molecule has 0 aromatic heterocycles.